The molecule has 0 aromatic heterocycles. The van der Waals surface area contributed by atoms with Crippen LogP contribution in [0.5, 0.6) is 5.75 Å². The molecule has 0 aliphatic rings. The standard InChI is InChI=1S/C21H24Cl2N2O3/c1-4-24-21(27)15(3)25(12-16-17(22)9-7-10-18(16)23)20(26)13-28-19-11-6-5-8-14(19)2/h5-11,15H,4,12-13H2,1-3H3,(H,24,27)/t15-/m0/s1. The van der Waals surface area contributed by atoms with Crippen LogP contribution in [0.3, 0.4) is 0 Å². The average Bonchev–Trinajstić information content (AvgIpc) is 2.66. The largest absolute Gasteiger partial charge is 0.484 e. The van der Waals surface area contributed by atoms with Gasteiger partial charge in [-0.1, -0.05) is 47.5 Å². The van der Waals surface area contributed by atoms with Crippen molar-refractivity contribution in [1.82, 2.24) is 10.2 Å². The van der Waals surface area contributed by atoms with E-state index >= 15 is 0 Å². The fraction of sp³-hybridized carbons (Fsp3) is 0.333. The lowest BCUT2D eigenvalue weighted by Gasteiger charge is -2.29. The molecule has 2 rings (SSSR count). The topological polar surface area (TPSA) is 58.6 Å². The summed E-state index contributed by atoms with van der Waals surface area (Å²) in [4.78, 5) is 26.7. The molecule has 2 amide bonds. The summed E-state index contributed by atoms with van der Waals surface area (Å²) >= 11 is 12.5. The molecular formula is C21H24Cl2N2O3. The number of hydrogen-bond donors (Lipinski definition) is 1. The monoisotopic (exact) mass is 422 g/mol. The predicted molar refractivity (Wildman–Crippen MR) is 112 cm³/mol. The summed E-state index contributed by atoms with van der Waals surface area (Å²) in [5.74, 6) is 0.0325. The maximum absolute atomic E-state index is 12.9. The van der Waals surface area contributed by atoms with Crippen LogP contribution in [0.4, 0.5) is 0 Å². The Morgan fingerprint density at radius 1 is 1.11 bits per heavy atom. The molecule has 150 valence electrons. The highest BCUT2D eigenvalue weighted by molar-refractivity contribution is 6.36. The van der Waals surface area contributed by atoms with Gasteiger partial charge in [-0.25, -0.2) is 0 Å². The van der Waals surface area contributed by atoms with E-state index < -0.39 is 6.04 Å². The zero-order chi connectivity index (χ0) is 20.7. The molecule has 7 heteroatoms. The fourth-order valence-corrected chi connectivity index (χ4v) is 3.22. The molecule has 0 heterocycles. The lowest BCUT2D eigenvalue weighted by Crippen LogP contribution is -2.49. The number of halogens is 2. The first-order valence-electron chi connectivity index (χ1n) is 9.03. The Balaban J connectivity index is 2.23. The number of carbonyl (C=O) groups excluding carboxylic acids is 2. The van der Waals surface area contributed by atoms with Gasteiger partial charge in [0.2, 0.25) is 5.91 Å². The summed E-state index contributed by atoms with van der Waals surface area (Å²) in [6.07, 6.45) is 0. The van der Waals surface area contributed by atoms with Crippen molar-refractivity contribution >= 4 is 35.0 Å². The minimum atomic E-state index is -0.708. The van der Waals surface area contributed by atoms with Gasteiger partial charge in [0.05, 0.1) is 0 Å². The van der Waals surface area contributed by atoms with Gasteiger partial charge >= 0.3 is 0 Å². The van der Waals surface area contributed by atoms with E-state index in [1.807, 2.05) is 32.0 Å². The molecule has 0 fully saturated rings. The SMILES string of the molecule is CCNC(=O)[C@H](C)N(Cc1c(Cl)cccc1Cl)C(=O)COc1ccccc1C. The van der Waals surface area contributed by atoms with E-state index in [1.54, 1.807) is 31.2 Å². The van der Waals surface area contributed by atoms with Crippen molar-refractivity contribution in [1.29, 1.82) is 0 Å². The van der Waals surface area contributed by atoms with Gasteiger partial charge in [0, 0.05) is 28.7 Å². The Morgan fingerprint density at radius 2 is 1.75 bits per heavy atom. The van der Waals surface area contributed by atoms with Crippen LogP contribution >= 0.6 is 23.2 Å². The maximum Gasteiger partial charge on any atom is 0.261 e. The summed E-state index contributed by atoms with van der Waals surface area (Å²) in [5, 5.41) is 3.62. The fourth-order valence-electron chi connectivity index (χ4n) is 2.70. The summed E-state index contributed by atoms with van der Waals surface area (Å²) in [6, 6.07) is 11.9. The molecule has 0 saturated heterocycles. The molecule has 0 spiro atoms. The Kier molecular flexibility index (Phi) is 8.15. The van der Waals surface area contributed by atoms with Crippen molar-refractivity contribution in [2.24, 2.45) is 0 Å². The molecule has 1 atom stereocenters. The quantitative estimate of drug-likeness (QED) is 0.691. The highest BCUT2D eigenvalue weighted by Crippen LogP contribution is 2.26. The van der Waals surface area contributed by atoms with Gasteiger partial charge in [-0.15, -0.1) is 0 Å². The highest BCUT2D eigenvalue weighted by Gasteiger charge is 2.27. The molecular weight excluding hydrogens is 399 g/mol. The van der Waals surface area contributed by atoms with Gasteiger partial charge in [0.25, 0.3) is 5.91 Å². The number of hydrogen-bond acceptors (Lipinski definition) is 3. The Morgan fingerprint density at radius 3 is 2.36 bits per heavy atom. The highest BCUT2D eigenvalue weighted by atomic mass is 35.5. The van der Waals surface area contributed by atoms with Crippen LogP contribution in [-0.4, -0.2) is 35.9 Å². The van der Waals surface area contributed by atoms with Gasteiger partial charge in [0.1, 0.15) is 11.8 Å². The first-order valence-corrected chi connectivity index (χ1v) is 9.79. The van der Waals surface area contributed by atoms with Crippen LogP contribution in [0.25, 0.3) is 0 Å². The third-order valence-corrected chi connectivity index (χ3v) is 5.06. The molecule has 0 unspecified atom stereocenters. The van der Waals surface area contributed by atoms with Crippen LogP contribution in [0.2, 0.25) is 10.0 Å². The van der Waals surface area contributed by atoms with Crippen molar-refractivity contribution in [3.8, 4) is 5.75 Å². The Labute approximate surface area is 175 Å². The molecule has 0 aliphatic heterocycles. The van der Waals surface area contributed by atoms with Crippen molar-refractivity contribution in [3.63, 3.8) is 0 Å². The van der Waals surface area contributed by atoms with Gasteiger partial charge in [-0.2, -0.15) is 0 Å². The number of likely N-dealkylation sites (N-methyl/N-ethyl adjacent to an activating group) is 1. The van der Waals surface area contributed by atoms with Crippen molar-refractivity contribution in [2.45, 2.75) is 33.4 Å². The number of carbonyl (C=O) groups is 2. The first-order chi connectivity index (χ1) is 13.3. The number of amides is 2. The molecule has 2 aromatic carbocycles. The zero-order valence-electron chi connectivity index (χ0n) is 16.2. The summed E-state index contributed by atoms with van der Waals surface area (Å²) in [6.45, 7) is 5.77. The van der Waals surface area contributed by atoms with E-state index in [-0.39, 0.29) is 25.0 Å². The molecule has 1 N–H and O–H groups in total. The molecule has 2 aromatic rings. The number of nitrogens with zero attached hydrogens (tertiary/aromatic N) is 1. The van der Waals surface area contributed by atoms with E-state index in [4.69, 9.17) is 27.9 Å². The van der Waals surface area contributed by atoms with E-state index in [1.165, 1.54) is 4.90 Å². The van der Waals surface area contributed by atoms with Gasteiger partial charge < -0.3 is 15.0 Å². The Hall–Kier alpha value is -2.24. The third kappa shape index (κ3) is 5.63. The number of ether oxygens (including phenoxy) is 1. The molecule has 0 radical (unpaired) electrons. The van der Waals surface area contributed by atoms with E-state index in [9.17, 15) is 9.59 Å². The van der Waals surface area contributed by atoms with Crippen LogP contribution in [0, 0.1) is 6.92 Å². The van der Waals surface area contributed by atoms with Gasteiger partial charge in [-0.3, -0.25) is 9.59 Å². The molecule has 0 aliphatic carbocycles. The summed E-state index contributed by atoms with van der Waals surface area (Å²) in [7, 11) is 0. The number of nitrogens with one attached hydrogen (secondary N) is 1. The minimum Gasteiger partial charge on any atom is -0.484 e. The first kappa shape index (κ1) is 22.1. The normalized spacial score (nSPS) is 11.6. The smallest absolute Gasteiger partial charge is 0.261 e. The zero-order valence-corrected chi connectivity index (χ0v) is 17.7. The van der Waals surface area contributed by atoms with E-state index in [0.29, 0.717) is 27.9 Å². The second-order valence-corrected chi connectivity index (χ2v) is 7.16. The number of benzene rings is 2. The van der Waals surface area contributed by atoms with Crippen molar-refractivity contribution < 1.29 is 14.3 Å². The lowest BCUT2D eigenvalue weighted by atomic mass is 10.1. The molecule has 0 saturated carbocycles. The van der Waals surface area contributed by atoms with Crippen molar-refractivity contribution in [3.05, 3.63) is 63.6 Å². The maximum atomic E-state index is 12.9. The van der Waals surface area contributed by atoms with Crippen LogP contribution in [-0.2, 0) is 16.1 Å². The molecule has 5 nitrogen and oxygen atoms in total. The average molecular weight is 423 g/mol. The lowest BCUT2D eigenvalue weighted by molar-refractivity contribution is -0.142. The Bertz CT molecular complexity index is 822. The van der Waals surface area contributed by atoms with Crippen LogP contribution in [0.15, 0.2) is 42.5 Å². The predicted octanol–water partition coefficient (Wildman–Crippen LogP) is 4.23. The molecule has 0 bridgehead atoms. The van der Waals surface area contributed by atoms with Crippen LogP contribution in [0.1, 0.15) is 25.0 Å². The van der Waals surface area contributed by atoms with Gasteiger partial charge in [0.15, 0.2) is 6.61 Å². The van der Waals surface area contributed by atoms with E-state index in [0.717, 1.165) is 5.56 Å². The second-order valence-electron chi connectivity index (χ2n) is 6.35. The van der Waals surface area contributed by atoms with Gasteiger partial charge in [-0.05, 0) is 44.5 Å². The molecule has 28 heavy (non-hydrogen) atoms. The second kappa shape index (κ2) is 10.3. The number of aryl methyl sites for hydroxylation is 1. The number of para-hydroxylation sites is 1. The van der Waals surface area contributed by atoms with E-state index in [2.05, 4.69) is 5.32 Å². The van der Waals surface area contributed by atoms with Crippen molar-refractivity contribution in [2.75, 3.05) is 13.2 Å². The summed E-state index contributed by atoms with van der Waals surface area (Å²) < 4.78 is 5.68. The third-order valence-electron chi connectivity index (χ3n) is 4.35. The van der Waals surface area contributed by atoms with Crippen LogP contribution < -0.4 is 10.1 Å². The number of rotatable bonds is 8. The minimum absolute atomic E-state index is 0.104. The summed E-state index contributed by atoms with van der Waals surface area (Å²) in [5.41, 5.74) is 1.51.